The highest BCUT2D eigenvalue weighted by molar-refractivity contribution is 7.98. The number of ether oxygens (including phenoxy) is 1. The van der Waals surface area contributed by atoms with Gasteiger partial charge in [-0.1, -0.05) is 0 Å². The lowest BCUT2D eigenvalue weighted by Crippen LogP contribution is -2.42. The fraction of sp³-hybridized carbons (Fsp3) is 0.412. The third-order valence-corrected chi connectivity index (χ3v) is 4.67. The molecule has 1 aliphatic heterocycles. The maximum atomic E-state index is 12.7. The van der Waals surface area contributed by atoms with Crippen LogP contribution < -0.4 is 4.74 Å². The second-order valence-electron chi connectivity index (χ2n) is 5.61. The van der Waals surface area contributed by atoms with Crippen molar-refractivity contribution < 1.29 is 9.53 Å². The first-order valence-electron chi connectivity index (χ1n) is 7.92. The minimum Gasteiger partial charge on any atom is -0.474 e. The van der Waals surface area contributed by atoms with Gasteiger partial charge in [-0.2, -0.15) is 4.98 Å². The van der Waals surface area contributed by atoms with E-state index in [9.17, 15) is 4.79 Å². The Hall–Kier alpha value is -2.15. The number of piperidine rings is 1. The Bertz CT molecular complexity index is 717. The predicted molar refractivity (Wildman–Crippen MR) is 92.3 cm³/mol. The molecule has 0 N–H and O–H groups in total. The number of thioether (sulfide) groups is 1. The highest BCUT2D eigenvalue weighted by atomic mass is 32.2. The number of carbonyl (C=O) groups excluding carboxylic acids is 1. The second kappa shape index (κ2) is 7.61. The van der Waals surface area contributed by atoms with E-state index in [1.165, 1.54) is 11.8 Å². The molecule has 1 fully saturated rings. The summed E-state index contributed by atoms with van der Waals surface area (Å²) in [5.41, 5.74) is 0.677. The van der Waals surface area contributed by atoms with Gasteiger partial charge >= 0.3 is 0 Å². The number of hydrogen-bond acceptors (Lipinski definition) is 6. The summed E-state index contributed by atoms with van der Waals surface area (Å²) < 4.78 is 5.91. The number of pyridine rings is 1. The van der Waals surface area contributed by atoms with Crippen LogP contribution in [0, 0.1) is 6.92 Å². The van der Waals surface area contributed by atoms with Crippen LogP contribution in [0.5, 0.6) is 5.88 Å². The lowest BCUT2D eigenvalue weighted by molar-refractivity contribution is 0.0583. The lowest BCUT2D eigenvalue weighted by Gasteiger charge is -2.32. The van der Waals surface area contributed by atoms with Crippen LogP contribution in [0.15, 0.2) is 35.6 Å². The van der Waals surface area contributed by atoms with Crippen molar-refractivity contribution >= 4 is 17.7 Å². The Kier molecular flexibility index (Phi) is 5.30. The zero-order valence-electron chi connectivity index (χ0n) is 13.8. The summed E-state index contributed by atoms with van der Waals surface area (Å²) in [7, 11) is 0. The quantitative estimate of drug-likeness (QED) is 0.794. The molecule has 0 aliphatic carbocycles. The standard InChI is InChI=1S/C17H20N4O2S/c1-12-18-9-5-15(20-12)23-13-6-10-21(11-7-13)17(22)14-4-3-8-19-16(14)24-2/h3-5,8-9,13H,6-7,10-11H2,1-2H3. The zero-order chi connectivity index (χ0) is 16.9. The van der Waals surface area contributed by atoms with Gasteiger partial charge in [-0.25, -0.2) is 9.97 Å². The van der Waals surface area contributed by atoms with Crippen molar-refractivity contribution in [2.75, 3.05) is 19.3 Å². The molecule has 1 saturated heterocycles. The number of carbonyl (C=O) groups is 1. The molecule has 3 rings (SSSR count). The van der Waals surface area contributed by atoms with Crippen LogP contribution >= 0.6 is 11.8 Å². The monoisotopic (exact) mass is 344 g/mol. The van der Waals surface area contributed by atoms with Crippen molar-refractivity contribution in [3.05, 3.63) is 42.0 Å². The van der Waals surface area contributed by atoms with E-state index in [2.05, 4.69) is 15.0 Å². The average Bonchev–Trinajstić information content (AvgIpc) is 2.62. The van der Waals surface area contributed by atoms with Gasteiger partial charge in [0, 0.05) is 44.4 Å². The van der Waals surface area contributed by atoms with E-state index in [-0.39, 0.29) is 12.0 Å². The number of amides is 1. The van der Waals surface area contributed by atoms with Gasteiger partial charge in [-0.15, -0.1) is 11.8 Å². The van der Waals surface area contributed by atoms with Gasteiger partial charge in [0.2, 0.25) is 5.88 Å². The maximum Gasteiger partial charge on any atom is 0.256 e. The molecule has 0 bridgehead atoms. The molecule has 2 aromatic rings. The third kappa shape index (κ3) is 3.84. The number of rotatable bonds is 4. The lowest BCUT2D eigenvalue weighted by atomic mass is 10.1. The van der Waals surface area contributed by atoms with Gasteiger partial charge in [-0.05, 0) is 25.3 Å². The summed E-state index contributed by atoms with van der Waals surface area (Å²) in [6.45, 7) is 3.19. The summed E-state index contributed by atoms with van der Waals surface area (Å²) in [6.07, 6.45) is 7.02. The van der Waals surface area contributed by atoms with Gasteiger partial charge in [0.15, 0.2) is 0 Å². The molecule has 3 heterocycles. The predicted octanol–water partition coefficient (Wildman–Crippen LogP) is 2.59. The van der Waals surface area contributed by atoms with Crippen molar-refractivity contribution in [3.63, 3.8) is 0 Å². The van der Waals surface area contributed by atoms with E-state index in [4.69, 9.17) is 4.74 Å². The summed E-state index contributed by atoms with van der Waals surface area (Å²) in [6, 6.07) is 5.42. The molecule has 7 heteroatoms. The smallest absolute Gasteiger partial charge is 0.256 e. The topological polar surface area (TPSA) is 68.2 Å². The van der Waals surface area contributed by atoms with Crippen LogP contribution in [0.2, 0.25) is 0 Å². The molecule has 2 aromatic heterocycles. The molecule has 0 spiro atoms. The molecule has 0 saturated carbocycles. The van der Waals surface area contributed by atoms with Gasteiger partial charge in [0.25, 0.3) is 5.91 Å². The molecule has 1 amide bonds. The van der Waals surface area contributed by atoms with Crippen molar-refractivity contribution in [1.29, 1.82) is 0 Å². The first-order chi connectivity index (χ1) is 11.7. The van der Waals surface area contributed by atoms with Crippen LogP contribution in [0.4, 0.5) is 0 Å². The van der Waals surface area contributed by atoms with E-state index >= 15 is 0 Å². The summed E-state index contributed by atoms with van der Waals surface area (Å²) in [5.74, 6) is 1.34. The van der Waals surface area contributed by atoms with E-state index in [0.29, 0.717) is 30.4 Å². The zero-order valence-corrected chi connectivity index (χ0v) is 14.6. The molecule has 126 valence electrons. The number of hydrogen-bond donors (Lipinski definition) is 0. The van der Waals surface area contributed by atoms with Gasteiger partial charge in [0.05, 0.1) is 5.56 Å². The van der Waals surface area contributed by atoms with Crippen LogP contribution in [-0.2, 0) is 0 Å². The molecular formula is C17H20N4O2S. The molecule has 0 atom stereocenters. The minimum atomic E-state index is 0.0452. The Balaban J connectivity index is 1.59. The highest BCUT2D eigenvalue weighted by Gasteiger charge is 2.26. The third-order valence-electron chi connectivity index (χ3n) is 3.96. The first kappa shape index (κ1) is 16.7. The average molecular weight is 344 g/mol. The highest BCUT2D eigenvalue weighted by Crippen LogP contribution is 2.22. The van der Waals surface area contributed by atoms with Crippen LogP contribution in [0.25, 0.3) is 0 Å². The van der Waals surface area contributed by atoms with Crippen molar-refractivity contribution in [2.45, 2.75) is 30.9 Å². The van der Waals surface area contributed by atoms with Gasteiger partial charge in [-0.3, -0.25) is 4.79 Å². The largest absolute Gasteiger partial charge is 0.474 e. The maximum absolute atomic E-state index is 12.7. The molecule has 6 nitrogen and oxygen atoms in total. The van der Waals surface area contributed by atoms with Crippen molar-refractivity contribution in [3.8, 4) is 5.88 Å². The fourth-order valence-corrected chi connectivity index (χ4v) is 3.28. The van der Waals surface area contributed by atoms with Gasteiger partial charge in [0.1, 0.15) is 17.0 Å². The number of nitrogens with zero attached hydrogens (tertiary/aromatic N) is 4. The molecule has 0 radical (unpaired) electrons. The Morgan fingerprint density at radius 1 is 1.25 bits per heavy atom. The molecule has 0 unspecified atom stereocenters. The molecule has 24 heavy (non-hydrogen) atoms. The number of likely N-dealkylation sites (tertiary alicyclic amines) is 1. The molecule has 0 aromatic carbocycles. The van der Waals surface area contributed by atoms with E-state index in [0.717, 1.165) is 17.9 Å². The summed E-state index contributed by atoms with van der Waals surface area (Å²) in [5, 5.41) is 0.775. The first-order valence-corrected chi connectivity index (χ1v) is 9.14. The van der Waals surface area contributed by atoms with E-state index < -0.39 is 0 Å². The summed E-state index contributed by atoms with van der Waals surface area (Å²) >= 11 is 1.49. The molecular weight excluding hydrogens is 324 g/mol. The van der Waals surface area contributed by atoms with Crippen molar-refractivity contribution in [2.24, 2.45) is 0 Å². The van der Waals surface area contributed by atoms with Crippen LogP contribution in [-0.4, -0.2) is 51.2 Å². The number of aryl methyl sites for hydroxylation is 1. The summed E-state index contributed by atoms with van der Waals surface area (Å²) in [4.78, 5) is 27.2. The van der Waals surface area contributed by atoms with Crippen molar-refractivity contribution in [1.82, 2.24) is 19.9 Å². The fourth-order valence-electron chi connectivity index (χ4n) is 2.73. The van der Waals surface area contributed by atoms with Crippen LogP contribution in [0.1, 0.15) is 29.0 Å². The Morgan fingerprint density at radius 3 is 2.75 bits per heavy atom. The number of aromatic nitrogens is 3. The van der Waals surface area contributed by atoms with Crippen LogP contribution in [0.3, 0.4) is 0 Å². The Labute approximate surface area is 145 Å². The SMILES string of the molecule is CSc1ncccc1C(=O)N1CCC(Oc2ccnc(C)n2)CC1. The van der Waals surface area contributed by atoms with Gasteiger partial charge < -0.3 is 9.64 Å². The van der Waals surface area contributed by atoms with E-state index in [1.807, 2.05) is 24.1 Å². The second-order valence-corrected chi connectivity index (χ2v) is 6.41. The Morgan fingerprint density at radius 2 is 2.04 bits per heavy atom. The van der Waals surface area contributed by atoms with E-state index in [1.54, 1.807) is 24.5 Å². The normalized spacial score (nSPS) is 15.3. The minimum absolute atomic E-state index is 0.0452. The molecule has 1 aliphatic rings.